The maximum absolute atomic E-state index is 11.4. The first kappa shape index (κ1) is 11.6. The number of carbonyl (C=O) groups excluding carboxylic acids is 1. The van der Waals surface area contributed by atoms with Crippen molar-refractivity contribution in [3.05, 3.63) is 30.1 Å². The quantitative estimate of drug-likeness (QED) is 0.515. The Bertz CT molecular complexity index is 549. The number of hydrogen-bond donors (Lipinski definition) is 2. The van der Waals surface area contributed by atoms with Gasteiger partial charge >= 0.3 is 0 Å². The largest absolute Gasteiger partial charge is 0.367 e. The number of amides is 1. The summed E-state index contributed by atoms with van der Waals surface area (Å²) >= 11 is 0. The highest BCUT2D eigenvalue weighted by Gasteiger charge is 2.06. The predicted molar refractivity (Wildman–Crippen MR) is 62.2 cm³/mol. The number of nitrogens with one attached hydrogen (secondary N) is 1. The molecule has 0 aliphatic carbocycles. The van der Waals surface area contributed by atoms with Crippen molar-refractivity contribution in [2.24, 2.45) is 5.10 Å². The molecule has 0 aliphatic heterocycles. The van der Waals surface area contributed by atoms with Gasteiger partial charge < -0.3 is 5.73 Å². The molecule has 0 aromatic carbocycles. The molecule has 0 spiro atoms. The van der Waals surface area contributed by atoms with E-state index in [-0.39, 0.29) is 18.4 Å². The van der Waals surface area contributed by atoms with Crippen molar-refractivity contribution in [2.45, 2.75) is 6.54 Å². The summed E-state index contributed by atoms with van der Waals surface area (Å²) < 4.78 is 1.16. The summed E-state index contributed by atoms with van der Waals surface area (Å²) in [6, 6.07) is 3.52. The number of rotatable bonds is 4. The Morgan fingerprint density at radius 2 is 2.28 bits per heavy atom. The topological polar surface area (TPSA) is 124 Å². The van der Waals surface area contributed by atoms with E-state index in [1.807, 2.05) is 0 Å². The van der Waals surface area contributed by atoms with Crippen molar-refractivity contribution >= 4 is 18.1 Å². The molecule has 0 atom stereocenters. The van der Waals surface area contributed by atoms with Crippen LogP contribution in [-0.2, 0) is 11.3 Å². The molecular formula is C9H10N8O. The number of aromatic nitrogens is 5. The van der Waals surface area contributed by atoms with Gasteiger partial charge in [-0.15, -0.1) is 0 Å². The number of nitrogens with zero attached hydrogens (tertiary/aromatic N) is 6. The number of hydrogen-bond acceptors (Lipinski definition) is 7. The maximum atomic E-state index is 11.4. The molecule has 3 N–H and O–H groups in total. The number of nitrogens with two attached hydrogens (primary N) is 1. The van der Waals surface area contributed by atoms with Crippen LogP contribution >= 0.6 is 0 Å². The average molecular weight is 246 g/mol. The number of hydrazone groups is 1. The highest BCUT2D eigenvalue weighted by molar-refractivity contribution is 5.82. The minimum atomic E-state index is -0.376. The van der Waals surface area contributed by atoms with Crippen LogP contribution in [0.2, 0.25) is 0 Å². The minimum Gasteiger partial charge on any atom is -0.367 e. The lowest BCUT2D eigenvalue weighted by Crippen LogP contribution is -2.24. The SMILES string of the molecule is Nc1nnnn1CC(=O)N/N=C\c1ccncc1. The number of nitrogen functional groups attached to an aromatic ring is 1. The average Bonchev–Trinajstić information content (AvgIpc) is 2.76. The third-order valence-corrected chi connectivity index (χ3v) is 1.96. The van der Waals surface area contributed by atoms with Gasteiger partial charge in [0.25, 0.3) is 5.91 Å². The Morgan fingerprint density at radius 3 is 2.94 bits per heavy atom. The van der Waals surface area contributed by atoms with Gasteiger partial charge in [0, 0.05) is 12.4 Å². The zero-order valence-electron chi connectivity index (χ0n) is 9.26. The highest BCUT2D eigenvalue weighted by atomic mass is 16.2. The number of carbonyl (C=O) groups is 1. The molecule has 0 aliphatic rings. The van der Waals surface area contributed by atoms with E-state index in [9.17, 15) is 4.79 Å². The fraction of sp³-hybridized carbons (Fsp3) is 0.111. The fourth-order valence-corrected chi connectivity index (χ4v) is 1.12. The molecule has 0 bridgehead atoms. The van der Waals surface area contributed by atoms with Gasteiger partial charge in [-0.3, -0.25) is 9.78 Å². The lowest BCUT2D eigenvalue weighted by Gasteiger charge is -1.99. The van der Waals surface area contributed by atoms with Crippen LogP contribution in [0.4, 0.5) is 5.95 Å². The van der Waals surface area contributed by atoms with Gasteiger partial charge in [-0.1, -0.05) is 5.10 Å². The van der Waals surface area contributed by atoms with Gasteiger partial charge in [-0.2, -0.15) is 5.10 Å². The van der Waals surface area contributed by atoms with E-state index in [1.54, 1.807) is 24.5 Å². The van der Waals surface area contributed by atoms with Gasteiger partial charge in [-0.25, -0.2) is 10.1 Å². The van der Waals surface area contributed by atoms with E-state index in [0.717, 1.165) is 10.2 Å². The van der Waals surface area contributed by atoms with Crippen molar-refractivity contribution < 1.29 is 4.79 Å². The second-order valence-electron chi connectivity index (χ2n) is 3.27. The molecule has 0 unspecified atom stereocenters. The summed E-state index contributed by atoms with van der Waals surface area (Å²) in [7, 11) is 0. The molecule has 9 heteroatoms. The summed E-state index contributed by atoms with van der Waals surface area (Å²) in [5.74, 6) is -0.303. The zero-order valence-corrected chi connectivity index (χ0v) is 9.26. The van der Waals surface area contributed by atoms with Crippen LogP contribution in [0.25, 0.3) is 0 Å². The highest BCUT2D eigenvalue weighted by Crippen LogP contribution is 1.92. The van der Waals surface area contributed by atoms with Gasteiger partial charge in [-0.05, 0) is 28.1 Å². The van der Waals surface area contributed by atoms with Crippen LogP contribution in [0, 0.1) is 0 Å². The van der Waals surface area contributed by atoms with E-state index in [2.05, 4.69) is 31.0 Å². The lowest BCUT2D eigenvalue weighted by atomic mass is 10.3. The van der Waals surface area contributed by atoms with Gasteiger partial charge in [0.05, 0.1) is 6.21 Å². The monoisotopic (exact) mass is 246 g/mol. The van der Waals surface area contributed by atoms with Crippen LogP contribution in [0.5, 0.6) is 0 Å². The van der Waals surface area contributed by atoms with Crippen molar-refractivity contribution in [3.63, 3.8) is 0 Å². The molecule has 2 rings (SSSR count). The molecule has 0 saturated heterocycles. The van der Waals surface area contributed by atoms with Crippen molar-refractivity contribution in [1.29, 1.82) is 0 Å². The second-order valence-corrected chi connectivity index (χ2v) is 3.27. The third kappa shape index (κ3) is 3.07. The van der Waals surface area contributed by atoms with E-state index in [4.69, 9.17) is 5.73 Å². The standard InChI is InChI=1S/C9H10N8O/c10-9-14-15-16-17(9)6-8(18)13-12-5-7-1-3-11-4-2-7/h1-5H,6H2,(H,13,18)(H2,10,14,16)/b12-5-. The molecule has 0 radical (unpaired) electrons. The van der Waals surface area contributed by atoms with Gasteiger partial charge in [0.2, 0.25) is 5.95 Å². The first-order chi connectivity index (χ1) is 8.75. The van der Waals surface area contributed by atoms with Crippen LogP contribution in [0.3, 0.4) is 0 Å². The van der Waals surface area contributed by atoms with Crippen molar-refractivity contribution in [2.75, 3.05) is 5.73 Å². The smallest absolute Gasteiger partial charge is 0.261 e. The third-order valence-electron chi connectivity index (χ3n) is 1.96. The summed E-state index contributed by atoms with van der Waals surface area (Å²) in [6.45, 7) is -0.0908. The number of pyridine rings is 1. The molecule has 0 saturated carbocycles. The Hall–Kier alpha value is -2.84. The molecule has 2 aromatic rings. The van der Waals surface area contributed by atoms with Gasteiger partial charge in [0.1, 0.15) is 6.54 Å². The lowest BCUT2D eigenvalue weighted by molar-refractivity contribution is -0.121. The Balaban J connectivity index is 1.86. The molecule has 0 fully saturated rings. The normalized spacial score (nSPS) is 10.7. The summed E-state index contributed by atoms with van der Waals surface area (Å²) in [6.07, 6.45) is 4.76. The van der Waals surface area contributed by atoms with Crippen LogP contribution in [0.15, 0.2) is 29.6 Å². The Morgan fingerprint density at radius 1 is 1.50 bits per heavy atom. The molecule has 2 aromatic heterocycles. The summed E-state index contributed by atoms with van der Waals surface area (Å²) in [4.78, 5) is 15.3. The van der Waals surface area contributed by atoms with E-state index in [1.165, 1.54) is 6.21 Å². The molecule has 9 nitrogen and oxygen atoms in total. The minimum absolute atomic E-state index is 0.0725. The number of anilines is 1. The first-order valence-corrected chi connectivity index (χ1v) is 4.99. The second kappa shape index (κ2) is 5.48. The zero-order chi connectivity index (χ0) is 12.8. The van der Waals surface area contributed by atoms with Crippen LogP contribution in [0.1, 0.15) is 5.56 Å². The van der Waals surface area contributed by atoms with Crippen LogP contribution < -0.4 is 11.2 Å². The summed E-state index contributed by atoms with van der Waals surface area (Å²) in [5, 5.41) is 14.1. The summed E-state index contributed by atoms with van der Waals surface area (Å²) in [5.41, 5.74) is 8.57. The molecule has 2 heterocycles. The molecule has 92 valence electrons. The van der Waals surface area contributed by atoms with E-state index in [0.29, 0.717) is 0 Å². The van der Waals surface area contributed by atoms with E-state index < -0.39 is 0 Å². The Labute approximate surface area is 102 Å². The van der Waals surface area contributed by atoms with Crippen molar-refractivity contribution in [1.82, 2.24) is 30.6 Å². The fourth-order valence-electron chi connectivity index (χ4n) is 1.12. The van der Waals surface area contributed by atoms with Crippen LogP contribution in [-0.4, -0.2) is 37.3 Å². The van der Waals surface area contributed by atoms with Gasteiger partial charge in [0.15, 0.2) is 0 Å². The molecular weight excluding hydrogens is 236 g/mol. The van der Waals surface area contributed by atoms with E-state index >= 15 is 0 Å². The molecule has 18 heavy (non-hydrogen) atoms. The molecule has 1 amide bonds. The first-order valence-electron chi connectivity index (χ1n) is 4.99. The predicted octanol–water partition coefficient (Wildman–Crippen LogP) is -1.20. The maximum Gasteiger partial charge on any atom is 0.261 e. The number of tetrazole rings is 1. The Kier molecular flexibility index (Phi) is 3.54. The van der Waals surface area contributed by atoms with Crippen molar-refractivity contribution in [3.8, 4) is 0 Å².